The molecule has 1 heterocycles. The van der Waals surface area contributed by atoms with Gasteiger partial charge in [0, 0.05) is 18.6 Å². The molecule has 0 atom stereocenters. The van der Waals surface area contributed by atoms with Gasteiger partial charge in [-0.3, -0.25) is 4.79 Å². The van der Waals surface area contributed by atoms with Crippen LogP contribution in [0.4, 0.5) is 0 Å². The monoisotopic (exact) mass is 435 g/mol. The quantitative estimate of drug-likeness (QED) is 0.391. The minimum Gasteiger partial charge on any atom is -0.486 e. The van der Waals surface area contributed by atoms with Crippen LogP contribution in [0.2, 0.25) is 0 Å². The van der Waals surface area contributed by atoms with Gasteiger partial charge in [-0.15, -0.1) is 0 Å². The third-order valence-electron chi connectivity index (χ3n) is 5.40. The Kier molecular flexibility index (Phi) is 8.12. The fraction of sp³-hybridized carbons (Fsp3) is 0.370. The third kappa shape index (κ3) is 6.47. The van der Waals surface area contributed by atoms with E-state index in [1.807, 2.05) is 32.0 Å². The minimum atomic E-state index is -0.228. The van der Waals surface area contributed by atoms with Crippen LogP contribution in [0.1, 0.15) is 61.6 Å². The molecule has 0 saturated carbocycles. The lowest BCUT2D eigenvalue weighted by Crippen LogP contribution is -2.25. The molecular weight excluding hydrogens is 402 g/mol. The van der Waals surface area contributed by atoms with Gasteiger partial charge in [-0.1, -0.05) is 56.3 Å². The smallest absolute Gasteiger partial charge is 0.286 e. The highest BCUT2D eigenvalue weighted by Crippen LogP contribution is 2.32. The molecule has 0 bridgehead atoms. The number of benzene rings is 2. The lowest BCUT2D eigenvalue weighted by atomic mass is 9.78. The molecule has 0 spiro atoms. The molecule has 0 aliphatic carbocycles. The SMILES string of the molecule is CC(C)OCCCNC(=O)c1ccc(COc2ccc(C(C)(C)c3ccccc3)cc2)o1. The van der Waals surface area contributed by atoms with E-state index < -0.39 is 0 Å². The number of amides is 1. The first-order valence-electron chi connectivity index (χ1n) is 11.1. The Bertz CT molecular complexity index is 974. The summed E-state index contributed by atoms with van der Waals surface area (Å²) in [4.78, 5) is 12.2. The van der Waals surface area contributed by atoms with E-state index in [1.165, 1.54) is 11.1 Å². The molecule has 170 valence electrons. The average molecular weight is 436 g/mol. The van der Waals surface area contributed by atoms with Crippen LogP contribution in [-0.2, 0) is 16.8 Å². The number of carbonyl (C=O) groups is 1. The van der Waals surface area contributed by atoms with Crippen LogP contribution in [0.5, 0.6) is 5.75 Å². The van der Waals surface area contributed by atoms with E-state index in [0.29, 0.717) is 18.9 Å². The van der Waals surface area contributed by atoms with Gasteiger partial charge in [0.25, 0.3) is 5.91 Å². The van der Waals surface area contributed by atoms with Crippen molar-refractivity contribution in [2.45, 2.75) is 52.2 Å². The van der Waals surface area contributed by atoms with Crippen molar-refractivity contribution in [2.75, 3.05) is 13.2 Å². The molecular formula is C27H33NO4. The zero-order valence-corrected chi connectivity index (χ0v) is 19.4. The van der Waals surface area contributed by atoms with Crippen LogP contribution in [-0.4, -0.2) is 25.2 Å². The summed E-state index contributed by atoms with van der Waals surface area (Å²) in [5, 5.41) is 2.84. The lowest BCUT2D eigenvalue weighted by Gasteiger charge is -2.26. The van der Waals surface area contributed by atoms with Crippen molar-refractivity contribution < 1.29 is 18.7 Å². The van der Waals surface area contributed by atoms with Crippen molar-refractivity contribution in [1.82, 2.24) is 5.32 Å². The summed E-state index contributed by atoms with van der Waals surface area (Å²) >= 11 is 0. The van der Waals surface area contributed by atoms with E-state index in [2.05, 4.69) is 55.6 Å². The first-order chi connectivity index (χ1) is 15.4. The molecule has 2 aromatic carbocycles. The second kappa shape index (κ2) is 11.0. The Morgan fingerprint density at radius 3 is 2.34 bits per heavy atom. The standard InChI is InChI=1S/C27H33NO4/c1-20(2)30-18-8-17-28-26(29)25-16-15-24(32-25)19-31-23-13-11-22(12-14-23)27(3,4)21-9-6-5-7-10-21/h5-7,9-16,20H,8,17-19H2,1-4H3,(H,28,29). The largest absolute Gasteiger partial charge is 0.486 e. The molecule has 1 amide bonds. The van der Waals surface area contributed by atoms with Crippen LogP contribution >= 0.6 is 0 Å². The van der Waals surface area contributed by atoms with Crippen LogP contribution in [0.15, 0.2) is 71.1 Å². The van der Waals surface area contributed by atoms with Crippen molar-refractivity contribution in [3.8, 4) is 5.75 Å². The van der Waals surface area contributed by atoms with Crippen LogP contribution < -0.4 is 10.1 Å². The minimum absolute atomic E-state index is 0.0933. The van der Waals surface area contributed by atoms with E-state index in [9.17, 15) is 4.79 Å². The topological polar surface area (TPSA) is 60.7 Å². The van der Waals surface area contributed by atoms with Crippen molar-refractivity contribution in [3.63, 3.8) is 0 Å². The molecule has 3 rings (SSSR count). The van der Waals surface area contributed by atoms with Crippen LogP contribution in [0.25, 0.3) is 0 Å². The zero-order valence-electron chi connectivity index (χ0n) is 19.4. The van der Waals surface area contributed by atoms with Crippen molar-refractivity contribution in [2.24, 2.45) is 0 Å². The Hall–Kier alpha value is -3.05. The highest BCUT2D eigenvalue weighted by molar-refractivity contribution is 5.91. The number of hydrogen-bond acceptors (Lipinski definition) is 4. The lowest BCUT2D eigenvalue weighted by molar-refractivity contribution is 0.0753. The Morgan fingerprint density at radius 1 is 0.969 bits per heavy atom. The van der Waals surface area contributed by atoms with Gasteiger partial charge < -0.3 is 19.2 Å². The predicted molar refractivity (Wildman–Crippen MR) is 126 cm³/mol. The maximum atomic E-state index is 12.2. The molecule has 0 fully saturated rings. The summed E-state index contributed by atoms with van der Waals surface area (Å²) in [7, 11) is 0. The van der Waals surface area contributed by atoms with Gasteiger partial charge in [-0.05, 0) is 55.7 Å². The zero-order chi connectivity index (χ0) is 23.0. The maximum Gasteiger partial charge on any atom is 0.286 e. The normalized spacial score (nSPS) is 11.5. The van der Waals surface area contributed by atoms with Gasteiger partial charge in [0.2, 0.25) is 0 Å². The van der Waals surface area contributed by atoms with Gasteiger partial charge >= 0.3 is 0 Å². The van der Waals surface area contributed by atoms with Gasteiger partial charge in [-0.2, -0.15) is 0 Å². The molecule has 0 unspecified atom stereocenters. The molecule has 5 heteroatoms. The second-order valence-corrected chi connectivity index (χ2v) is 8.60. The predicted octanol–water partition coefficient (Wildman–Crippen LogP) is 5.73. The molecule has 0 saturated heterocycles. The van der Waals surface area contributed by atoms with Gasteiger partial charge in [0.15, 0.2) is 5.76 Å². The van der Waals surface area contributed by atoms with Crippen molar-refractivity contribution >= 4 is 5.91 Å². The molecule has 1 N–H and O–H groups in total. The van der Waals surface area contributed by atoms with E-state index in [0.717, 1.165) is 12.2 Å². The van der Waals surface area contributed by atoms with Gasteiger partial charge in [0.05, 0.1) is 6.10 Å². The molecule has 0 radical (unpaired) electrons. The fourth-order valence-electron chi connectivity index (χ4n) is 3.40. The van der Waals surface area contributed by atoms with E-state index in [4.69, 9.17) is 13.9 Å². The first-order valence-corrected chi connectivity index (χ1v) is 11.1. The molecule has 3 aromatic rings. The average Bonchev–Trinajstić information content (AvgIpc) is 3.27. The Morgan fingerprint density at radius 2 is 1.66 bits per heavy atom. The summed E-state index contributed by atoms with van der Waals surface area (Å²) in [6.45, 7) is 9.84. The summed E-state index contributed by atoms with van der Waals surface area (Å²) in [6, 6.07) is 22.0. The number of nitrogens with one attached hydrogen (secondary N) is 1. The van der Waals surface area contributed by atoms with E-state index >= 15 is 0 Å². The summed E-state index contributed by atoms with van der Waals surface area (Å²) < 4.78 is 16.9. The molecule has 0 aliphatic heterocycles. The third-order valence-corrected chi connectivity index (χ3v) is 5.40. The second-order valence-electron chi connectivity index (χ2n) is 8.60. The van der Waals surface area contributed by atoms with Crippen LogP contribution in [0, 0.1) is 0 Å². The number of furan rings is 1. The number of carbonyl (C=O) groups excluding carboxylic acids is 1. The first kappa shape index (κ1) is 23.6. The van der Waals surface area contributed by atoms with Gasteiger partial charge in [-0.25, -0.2) is 0 Å². The molecule has 5 nitrogen and oxygen atoms in total. The Labute approximate surface area is 190 Å². The van der Waals surface area contributed by atoms with E-state index in [1.54, 1.807) is 12.1 Å². The number of hydrogen-bond donors (Lipinski definition) is 1. The van der Waals surface area contributed by atoms with Crippen molar-refractivity contribution in [3.05, 3.63) is 89.4 Å². The van der Waals surface area contributed by atoms with E-state index in [-0.39, 0.29) is 29.8 Å². The highest BCUT2D eigenvalue weighted by Gasteiger charge is 2.22. The molecule has 1 aromatic heterocycles. The summed E-state index contributed by atoms with van der Waals surface area (Å²) in [5.74, 6) is 1.42. The maximum absolute atomic E-state index is 12.2. The molecule has 0 aliphatic rings. The van der Waals surface area contributed by atoms with Crippen LogP contribution in [0.3, 0.4) is 0 Å². The van der Waals surface area contributed by atoms with Crippen molar-refractivity contribution in [1.29, 1.82) is 0 Å². The van der Waals surface area contributed by atoms with Gasteiger partial charge in [0.1, 0.15) is 18.1 Å². The summed E-state index contributed by atoms with van der Waals surface area (Å²) in [5.41, 5.74) is 2.39. The fourth-order valence-corrected chi connectivity index (χ4v) is 3.40. The Balaban J connectivity index is 1.49. The number of ether oxygens (including phenoxy) is 2. The number of rotatable bonds is 11. The molecule has 32 heavy (non-hydrogen) atoms. The summed E-state index contributed by atoms with van der Waals surface area (Å²) in [6.07, 6.45) is 0.961. The highest BCUT2D eigenvalue weighted by atomic mass is 16.5.